The standard InChI is InChI=1S/C23H18N2O3/c26-23(21-15-22(28-25-21)18-10-5-2-6-11-18)24-19-12-7-13-20(14-19)27-16-17-8-3-1-4-9-17/h1-15H,16H2,(H,24,26). The van der Waals surface area contributed by atoms with Crippen molar-refractivity contribution in [1.29, 1.82) is 0 Å². The van der Waals surface area contributed by atoms with Gasteiger partial charge >= 0.3 is 0 Å². The van der Waals surface area contributed by atoms with Gasteiger partial charge in [0.1, 0.15) is 12.4 Å². The van der Waals surface area contributed by atoms with E-state index in [9.17, 15) is 4.79 Å². The molecule has 1 amide bonds. The second-order valence-corrected chi connectivity index (χ2v) is 6.20. The van der Waals surface area contributed by atoms with Crippen LogP contribution in [0.1, 0.15) is 16.1 Å². The number of nitrogens with one attached hydrogen (secondary N) is 1. The van der Waals surface area contributed by atoms with Crippen molar-refractivity contribution >= 4 is 11.6 Å². The maximum absolute atomic E-state index is 12.5. The summed E-state index contributed by atoms with van der Waals surface area (Å²) in [7, 11) is 0. The first kappa shape index (κ1) is 17.5. The van der Waals surface area contributed by atoms with E-state index >= 15 is 0 Å². The number of anilines is 1. The smallest absolute Gasteiger partial charge is 0.277 e. The van der Waals surface area contributed by atoms with Crippen LogP contribution in [0.15, 0.2) is 95.5 Å². The Morgan fingerprint density at radius 1 is 0.893 bits per heavy atom. The van der Waals surface area contributed by atoms with Crippen LogP contribution in [0.5, 0.6) is 5.75 Å². The van der Waals surface area contributed by atoms with Crippen molar-refractivity contribution < 1.29 is 14.1 Å². The molecule has 0 radical (unpaired) electrons. The van der Waals surface area contributed by atoms with E-state index in [1.807, 2.05) is 72.8 Å². The summed E-state index contributed by atoms with van der Waals surface area (Å²) in [5, 5.41) is 6.69. The molecule has 0 fully saturated rings. The third kappa shape index (κ3) is 4.27. The van der Waals surface area contributed by atoms with E-state index in [2.05, 4.69) is 10.5 Å². The maximum atomic E-state index is 12.5. The third-order valence-electron chi connectivity index (χ3n) is 4.14. The van der Waals surface area contributed by atoms with Crippen molar-refractivity contribution in [2.45, 2.75) is 6.61 Å². The molecule has 0 aliphatic carbocycles. The fourth-order valence-corrected chi connectivity index (χ4v) is 2.72. The molecular formula is C23H18N2O3. The zero-order valence-corrected chi connectivity index (χ0v) is 15.0. The summed E-state index contributed by atoms with van der Waals surface area (Å²) in [6, 6.07) is 28.3. The first-order valence-electron chi connectivity index (χ1n) is 8.88. The van der Waals surface area contributed by atoms with E-state index in [1.54, 1.807) is 18.2 Å². The lowest BCUT2D eigenvalue weighted by atomic mass is 10.1. The summed E-state index contributed by atoms with van der Waals surface area (Å²) in [5.74, 6) is 0.878. The van der Waals surface area contributed by atoms with Crippen molar-refractivity contribution in [2.24, 2.45) is 0 Å². The molecule has 0 spiro atoms. The normalized spacial score (nSPS) is 10.4. The van der Waals surface area contributed by atoms with Crippen molar-refractivity contribution in [3.8, 4) is 17.1 Å². The van der Waals surface area contributed by atoms with E-state index in [4.69, 9.17) is 9.26 Å². The van der Waals surface area contributed by atoms with Crippen LogP contribution in [0.3, 0.4) is 0 Å². The molecule has 138 valence electrons. The van der Waals surface area contributed by atoms with Gasteiger partial charge in [0, 0.05) is 23.4 Å². The molecule has 1 N–H and O–H groups in total. The molecule has 1 aromatic heterocycles. The Morgan fingerprint density at radius 3 is 2.43 bits per heavy atom. The molecule has 28 heavy (non-hydrogen) atoms. The van der Waals surface area contributed by atoms with Crippen LogP contribution in [0.2, 0.25) is 0 Å². The topological polar surface area (TPSA) is 64.4 Å². The highest BCUT2D eigenvalue weighted by molar-refractivity contribution is 6.03. The molecule has 4 rings (SSSR count). The predicted octanol–water partition coefficient (Wildman–Crippen LogP) is 5.17. The first-order valence-corrected chi connectivity index (χ1v) is 8.88. The molecule has 0 aliphatic rings. The summed E-state index contributed by atoms with van der Waals surface area (Å²) in [6.07, 6.45) is 0. The highest BCUT2D eigenvalue weighted by Gasteiger charge is 2.14. The van der Waals surface area contributed by atoms with Gasteiger partial charge in [-0.2, -0.15) is 0 Å². The Bertz CT molecular complexity index is 1060. The Balaban J connectivity index is 1.41. The van der Waals surface area contributed by atoms with Gasteiger partial charge in [0.05, 0.1) is 0 Å². The second kappa shape index (κ2) is 8.22. The van der Waals surface area contributed by atoms with Crippen LogP contribution in [-0.4, -0.2) is 11.1 Å². The number of rotatable bonds is 6. The number of ether oxygens (including phenoxy) is 1. The SMILES string of the molecule is O=C(Nc1cccc(OCc2ccccc2)c1)c1cc(-c2ccccc2)on1. The lowest BCUT2D eigenvalue weighted by Gasteiger charge is -2.08. The minimum Gasteiger partial charge on any atom is -0.489 e. The van der Waals surface area contributed by atoms with Crippen LogP contribution in [-0.2, 0) is 6.61 Å². The molecule has 5 nitrogen and oxygen atoms in total. The van der Waals surface area contributed by atoms with Crippen molar-refractivity contribution in [1.82, 2.24) is 5.16 Å². The van der Waals surface area contributed by atoms with Crippen LogP contribution in [0, 0.1) is 0 Å². The number of hydrogen-bond donors (Lipinski definition) is 1. The number of carbonyl (C=O) groups is 1. The number of carbonyl (C=O) groups excluding carboxylic acids is 1. The Labute approximate surface area is 162 Å². The van der Waals surface area contributed by atoms with Crippen LogP contribution < -0.4 is 10.1 Å². The second-order valence-electron chi connectivity index (χ2n) is 6.20. The van der Waals surface area contributed by atoms with E-state index in [1.165, 1.54) is 0 Å². The fraction of sp³-hybridized carbons (Fsp3) is 0.0435. The van der Waals surface area contributed by atoms with Gasteiger partial charge in [0.2, 0.25) is 0 Å². The van der Waals surface area contributed by atoms with Gasteiger partial charge in [-0.25, -0.2) is 0 Å². The minimum atomic E-state index is -0.342. The maximum Gasteiger partial charge on any atom is 0.277 e. The molecule has 0 saturated carbocycles. The highest BCUT2D eigenvalue weighted by atomic mass is 16.5. The van der Waals surface area contributed by atoms with Gasteiger partial charge in [-0.15, -0.1) is 0 Å². The lowest BCUT2D eigenvalue weighted by Crippen LogP contribution is -2.12. The summed E-state index contributed by atoms with van der Waals surface area (Å²) in [5.41, 5.74) is 2.78. The Kier molecular flexibility index (Phi) is 5.15. The number of nitrogens with zero attached hydrogens (tertiary/aromatic N) is 1. The molecule has 0 unspecified atom stereocenters. The average molecular weight is 370 g/mol. The van der Waals surface area contributed by atoms with Gasteiger partial charge in [-0.1, -0.05) is 71.9 Å². The van der Waals surface area contributed by atoms with Crippen LogP contribution in [0.25, 0.3) is 11.3 Å². The first-order chi connectivity index (χ1) is 13.8. The van der Waals surface area contributed by atoms with E-state index in [-0.39, 0.29) is 11.6 Å². The van der Waals surface area contributed by atoms with Gasteiger partial charge in [0.15, 0.2) is 11.5 Å². The predicted molar refractivity (Wildman–Crippen MR) is 107 cm³/mol. The van der Waals surface area contributed by atoms with Gasteiger partial charge in [-0.3, -0.25) is 4.79 Å². The summed E-state index contributed by atoms with van der Waals surface area (Å²) >= 11 is 0. The third-order valence-corrected chi connectivity index (χ3v) is 4.14. The van der Waals surface area contributed by atoms with Gasteiger partial charge in [-0.05, 0) is 17.7 Å². The molecule has 5 heteroatoms. The van der Waals surface area contributed by atoms with Gasteiger partial charge < -0.3 is 14.6 Å². The van der Waals surface area contributed by atoms with Crippen LogP contribution in [0.4, 0.5) is 5.69 Å². The van der Waals surface area contributed by atoms with E-state index < -0.39 is 0 Å². The highest BCUT2D eigenvalue weighted by Crippen LogP contribution is 2.22. The Hall–Kier alpha value is -3.86. The quantitative estimate of drug-likeness (QED) is 0.508. The number of amides is 1. The lowest BCUT2D eigenvalue weighted by molar-refractivity contribution is 0.101. The largest absolute Gasteiger partial charge is 0.489 e. The Morgan fingerprint density at radius 2 is 1.64 bits per heavy atom. The van der Waals surface area contributed by atoms with Crippen LogP contribution >= 0.6 is 0 Å². The minimum absolute atomic E-state index is 0.217. The molecule has 0 atom stereocenters. The molecule has 4 aromatic rings. The molecule has 3 aromatic carbocycles. The average Bonchev–Trinajstić information content (AvgIpc) is 3.25. The molecule has 0 aliphatic heterocycles. The van der Waals surface area contributed by atoms with E-state index in [0.29, 0.717) is 23.8 Å². The van der Waals surface area contributed by atoms with Gasteiger partial charge in [0.25, 0.3) is 5.91 Å². The number of hydrogen-bond acceptors (Lipinski definition) is 4. The van der Waals surface area contributed by atoms with Crippen molar-refractivity contribution in [3.63, 3.8) is 0 Å². The molecule has 0 bridgehead atoms. The summed E-state index contributed by atoms with van der Waals surface area (Å²) in [4.78, 5) is 12.5. The van der Waals surface area contributed by atoms with E-state index in [0.717, 1.165) is 11.1 Å². The molecule has 0 saturated heterocycles. The zero-order chi connectivity index (χ0) is 19.2. The monoisotopic (exact) mass is 370 g/mol. The number of benzene rings is 3. The molecule has 1 heterocycles. The van der Waals surface area contributed by atoms with Crippen molar-refractivity contribution in [3.05, 3.63) is 102 Å². The van der Waals surface area contributed by atoms with Crippen molar-refractivity contribution in [2.75, 3.05) is 5.32 Å². The summed E-state index contributed by atoms with van der Waals surface area (Å²) in [6.45, 7) is 0.460. The number of aromatic nitrogens is 1. The fourth-order valence-electron chi connectivity index (χ4n) is 2.72. The molecular weight excluding hydrogens is 352 g/mol. The summed E-state index contributed by atoms with van der Waals surface area (Å²) < 4.78 is 11.1. The zero-order valence-electron chi connectivity index (χ0n) is 15.0.